The monoisotopic (exact) mass is 490 g/mol. The van der Waals surface area contributed by atoms with Gasteiger partial charge in [-0.15, -0.1) is 0 Å². The molecule has 3 aromatic heterocycles. The molecule has 9 heteroatoms. The summed E-state index contributed by atoms with van der Waals surface area (Å²) in [6, 6.07) is 11.4. The predicted octanol–water partition coefficient (Wildman–Crippen LogP) is 4.63. The van der Waals surface area contributed by atoms with Crippen LogP contribution in [0.1, 0.15) is 30.1 Å². The van der Waals surface area contributed by atoms with Gasteiger partial charge >= 0.3 is 0 Å². The van der Waals surface area contributed by atoms with Crippen LogP contribution < -0.4 is 14.2 Å². The number of piperidine rings is 1. The van der Waals surface area contributed by atoms with E-state index in [2.05, 4.69) is 20.0 Å². The number of hydrogen-bond donors (Lipinski definition) is 0. The molecule has 0 radical (unpaired) electrons. The lowest BCUT2D eigenvalue weighted by Gasteiger charge is -2.30. The molecular formula is C27H27FN4O4. The second kappa shape index (κ2) is 9.73. The molecule has 0 atom stereocenters. The molecule has 1 saturated heterocycles. The Kier molecular flexibility index (Phi) is 6.14. The summed E-state index contributed by atoms with van der Waals surface area (Å²) in [6.07, 6.45) is 3.76. The van der Waals surface area contributed by atoms with Crippen molar-refractivity contribution < 1.29 is 23.1 Å². The summed E-state index contributed by atoms with van der Waals surface area (Å²) in [4.78, 5) is 11.0. The van der Waals surface area contributed by atoms with Gasteiger partial charge in [0.2, 0.25) is 5.88 Å². The van der Waals surface area contributed by atoms with Gasteiger partial charge in [-0.05, 0) is 56.6 Å². The second-order valence-electron chi connectivity index (χ2n) is 9.14. The first-order valence-electron chi connectivity index (χ1n) is 12.2. The van der Waals surface area contributed by atoms with Crippen LogP contribution in [0.5, 0.6) is 17.4 Å². The molecule has 2 aliphatic rings. The lowest BCUT2D eigenvalue weighted by molar-refractivity contribution is 0.171. The summed E-state index contributed by atoms with van der Waals surface area (Å²) in [7, 11) is 1.55. The SMILES string of the molecule is COc1ccc2ncc(F)c(CCN3CCC(c4cc(-c5ccc6c(c5)OCCO6)no4)CC3)c2n1. The van der Waals surface area contributed by atoms with Gasteiger partial charge in [0.05, 0.1) is 24.3 Å². The van der Waals surface area contributed by atoms with Crippen LogP contribution in [0.25, 0.3) is 22.3 Å². The lowest BCUT2D eigenvalue weighted by Crippen LogP contribution is -2.34. The number of benzene rings is 1. The number of hydrogen-bond acceptors (Lipinski definition) is 8. The van der Waals surface area contributed by atoms with Gasteiger partial charge in [0.15, 0.2) is 11.5 Å². The minimum Gasteiger partial charge on any atom is -0.486 e. The molecule has 8 nitrogen and oxygen atoms in total. The molecular weight excluding hydrogens is 463 g/mol. The highest BCUT2D eigenvalue weighted by Crippen LogP contribution is 2.36. The number of likely N-dealkylation sites (tertiary alicyclic amines) is 1. The third kappa shape index (κ3) is 4.46. The van der Waals surface area contributed by atoms with Gasteiger partial charge in [0, 0.05) is 35.7 Å². The smallest absolute Gasteiger partial charge is 0.213 e. The Morgan fingerprint density at radius 1 is 1.06 bits per heavy atom. The number of ether oxygens (including phenoxy) is 3. The van der Waals surface area contributed by atoms with Crippen LogP contribution in [-0.2, 0) is 6.42 Å². The zero-order valence-corrected chi connectivity index (χ0v) is 20.1. The number of fused-ring (bicyclic) bond motifs is 2. The Morgan fingerprint density at radius 3 is 2.72 bits per heavy atom. The van der Waals surface area contributed by atoms with Crippen LogP contribution >= 0.6 is 0 Å². The largest absolute Gasteiger partial charge is 0.486 e. The minimum absolute atomic E-state index is 0.309. The zero-order chi connectivity index (χ0) is 24.5. The summed E-state index contributed by atoms with van der Waals surface area (Å²) >= 11 is 0. The summed E-state index contributed by atoms with van der Waals surface area (Å²) < 4.78 is 36.9. The number of halogens is 1. The van der Waals surface area contributed by atoms with Crippen molar-refractivity contribution in [1.29, 1.82) is 0 Å². The summed E-state index contributed by atoms with van der Waals surface area (Å²) in [5, 5.41) is 4.31. The van der Waals surface area contributed by atoms with Crippen molar-refractivity contribution in [3.8, 4) is 28.6 Å². The Hall–Kier alpha value is -3.72. The van der Waals surface area contributed by atoms with Crippen molar-refractivity contribution in [1.82, 2.24) is 20.0 Å². The van der Waals surface area contributed by atoms with Gasteiger partial charge in [-0.2, -0.15) is 0 Å². The molecule has 1 fully saturated rings. The van der Waals surface area contributed by atoms with Crippen molar-refractivity contribution >= 4 is 11.0 Å². The van der Waals surface area contributed by atoms with Gasteiger partial charge in [0.1, 0.15) is 30.5 Å². The number of nitrogens with zero attached hydrogens (tertiary/aromatic N) is 4. The summed E-state index contributed by atoms with van der Waals surface area (Å²) in [6.45, 7) is 3.69. The average molecular weight is 491 g/mol. The quantitative estimate of drug-likeness (QED) is 0.387. The molecule has 5 heterocycles. The molecule has 0 unspecified atom stereocenters. The maximum Gasteiger partial charge on any atom is 0.213 e. The molecule has 0 N–H and O–H groups in total. The molecule has 6 rings (SSSR count). The highest BCUT2D eigenvalue weighted by atomic mass is 19.1. The Balaban J connectivity index is 1.09. The third-order valence-electron chi connectivity index (χ3n) is 6.98. The van der Waals surface area contributed by atoms with E-state index < -0.39 is 0 Å². The van der Waals surface area contributed by atoms with E-state index in [-0.39, 0.29) is 5.82 Å². The van der Waals surface area contributed by atoms with Crippen molar-refractivity contribution in [2.45, 2.75) is 25.2 Å². The molecule has 36 heavy (non-hydrogen) atoms. The standard InChI is InChI=1S/C27H27FN4O4/c1-33-26-5-3-21-27(30-26)19(20(28)16-29-21)8-11-32-9-6-17(7-10-32)24-15-22(31-36-24)18-2-4-23-25(14-18)35-13-12-34-23/h2-5,14-17H,6-13H2,1H3. The molecule has 0 aliphatic carbocycles. The molecule has 0 saturated carbocycles. The van der Waals surface area contributed by atoms with E-state index in [9.17, 15) is 4.39 Å². The highest BCUT2D eigenvalue weighted by molar-refractivity contribution is 5.78. The van der Waals surface area contributed by atoms with Crippen LogP contribution in [0, 0.1) is 5.82 Å². The lowest BCUT2D eigenvalue weighted by atomic mass is 9.93. The van der Waals surface area contributed by atoms with E-state index in [1.807, 2.05) is 30.3 Å². The molecule has 2 aliphatic heterocycles. The summed E-state index contributed by atoms with van der Waals surface area (Å²) in [5.41, 5.74) is 3.57. The fraction of sp³-hybridized carbons (Fsp3) is 0.370. The fourth-order valence-corrected chi connectivity index (χ4v) is 4.96. The average Bonchev–Trinajstić information content (AvgIpc) is 3.43. The fourth-order valence-electron chi connectivity index (χ4n) is 4.96. The van der Waals surface area contributed by atoms with E-state index in [0.717, 1.165) is 61.0 Å². The Bertz CT molecular complexity index is 1380. The first kappa shape index (κ1) is 22.7. The van der Waals surface area contributed by atoms with Crippen LogP contribution in [0.4, 0.5) is 4.39 Å². The van der Waals surface area contributed by atoms with Gasteiger partial charge in [-0.3, -0.25) is 4.98 Å². The van der Waals surface area contributed by atoms with Crippen molar-refractivity contribution in [2.24, 2.45) is 0 Å². The van der Waals surface area contributed by atoms with Gasteiger partial charge < -0.3 is 23.6 Å². The molecule has 0 amide bonds. The van der Waals surface area contributed by atoms with Gasteiger partial charge in [0.25, 0.3) is 0 Å². The van der Waals surface area contributed by atoms with Crippen LogP contribution in [0.3, 0.4) is 0 Å². The third-order valence-corrected chi connectivity index (χ3v) is 6.98. The maximum absolute atomic E-state index is 14.6. The van der Waals surface area contributed by atoms with Gasteiger partial charge in [-0.1, -0.05) is 5.16 Å². The van der Waals surface area contributed by atoms with Gasteiger partial charge in [-0.25, -0.2) is 9.37 Å². The van der Waals surface area contributed by atoms with Crippen molar-refractivity contribution in [3.63, 3.8) is 0 Å². The number of rotatable bonds is 6. The Labute approximate surface area is 208 Å². The molecule has 0 bridgehead atoms. The van der Waals surface area contributed by atoms with E-state index in [0.29, 0.717) is 48.0 Å². The second-order valence-corrected chi connectivity index (χ2v) is 9.14. The number of aromatic nitrogens is 3. The van der Waals surface area contributed by atoms with Crippen molar-refractivity contribution in [3.05, 3.63) is 59.7 Å². The Morgan fingerprint density at radius 2 is 1.89 bits per heavy atom. The molecule has 1 aromatic carbocycles. The van der Waals surface area contributed by atoms with E-state index in [1.54, 1.807) is 13.2 Å². The van der Waals surface area contributed by atoms with Crippen molar-refractivity contribution in [2.75, 3.05) is 40.0 Å². The zero-order valence-electron chi connectivity index (χ0n) is 20.1. The van der Waals surface area contributed by atoms with E-state index >= 15 is 0 Å². The first-order chi connectivity index (χ1) is 17.7. The normalized spacial score (nSPS) is 16.4. The maximum atomic E-state index is 14.6. The van der Waals surface area contributed by atoms with Crippen LogP contribution in [0.2, 0.25) is 0 Å². The summed E-state index contributed by atoms with van der Waals surface area (Å²) in [5.74, 6) is 2.84. The molecule has 4 aromatic rings. The van der Waals surface area contributed by atoms with E-state index in [4.69, 9.17) is 18.7 Å². The number of pyridine rings is 2. The van der Waals surface area contributed by atoms with Crippen LogP contribution in [0.15, 0.2) is 47.1 Å². The van der Waals surface area contributed by atoms with Crippen LogP contribution in [-0.4, -0.2) is 60.0 Å². The minimum atomic E-state index is -0.327. The first-order valence-corrected chi connectivity index (χ1v) is 12.2. The topological polar surface area (TPSA) is 82.7 Å². The molecule has 0 spiro atoms. The predicted molar refractivity (Wildman–Crippen MR) is 131 cm³/mol. The van der Waals surface area contributed by atoms with E-state index in [1.165, 1.54) is 6.20 Å². The highest BCUT2D eigenvalue weighted by Gasteiger charge is 2.25. The number of methoxy groups -OCH3 is 1. The molecule has 186 valence electrons.